The summed E-state index contributed by atoms with van der Waals surface area (Å²) in [7, 11) is 0. The van der Waals surface area contributed by atoms with Crippen molar-refractivity contribution in [1.82, 2.24) is 15.5 Å². The summed E-state index contributed by atoms with van der Waals surface area (Å²) < 4.78 is 0. The second-order valence-electron chi connectivity index (χ2n) is 4.38. The molecule has 0 aromatic carbocycles. The standard InChI is InChI=1S/C12H27N3/c1-3-15(4-2)10-6-9-14-12-7-5-8-13-11-12/h12-14H,3-11H2,1-2H3. The molecule has 0 amide bonds. The Balaban J connectivity index is 1.95. The van der Waals surface area contributed by atoms with Crippen molar-refractivity contribution in [2.75, 3.05) is 39.3 Å². The molecule has 15 heavy (non-hydrogen) atoms. The summed E-state index contributed by atoms with van der Waals surface area (Å²) in [6.07, 6.45) is 3.95. The molecule has 1 fully saturated rings. The van der Waals surface area contributed by atoms with Crippen LogP contribution in [0.5, 0.6) is 0 Å². The highest BCUT2D eigenvalue weighted by Gasteiger charge is 2.11. The van der Waals surface area contributed by atoms with E-state index in [1.807, 2.05) is 0 Å². The van der Waals surface area contributed by atoms with Crippen molar-refractivity contribution in [3.05, 3.63) is 0 Å². The molecule has 90 valence electrons. The Morgan fingerprint density at radius 1 is 1.33 bits per heavy atom. The van der Waals surface area contributed by atoms with E-state index >= 15 is 0 Å². The second-order valence-corrected chi connectivity index (χ2v) is 4.38. The maximum atomic E-state index is 3.64. The largest absolute Gasteiger partial charge is 0.315 e. The van der Waals surface area contributed by atoms with Crippen LogP contribution in [0.4, 0.5) is 0 Å². The van der Waals surface area contributed by atoms with E-state index in [1.165, 1.54) is 52.0 Å². The lowest BCUT2D eigenvalue weighted by molar-refractivity contribution is 0.292. The first-order valence-electron chi connectivity index (χ1n) is 6.53. The first kappa shape index (κ1) is 12.9. The molecule has 1 saturated heterocycles. The molecule has 2 N–H and O–H groups in total. The maximum absolute atomic E-state index is 3.64. The van der Waals surface area contributed by atoms with Gasteiger partial charge >= 0.3 is 0 Å². The normalized spacial score (nSPS) is 22.2. The van der Waals surface area contributed by atoms with Gasteiger partial charge < -0.3 is 15.5 Å². The van der Waals surface area contributed by atoms with Gasteiger partial charge in [0.25, 0.3) is 0 Å². The van der Waals surface area contributed by atoms with E-state index in [2.05, 4.69) is 29.4 Å². The molecule has 3 heteroatoms. The average molecular weight is 213 g/mol. The Hall–Kier alpha value is -0.120. The fourth-order valence-electron chi connectivity index (χ4n) is 2.17. The van der Waals surface area contributed by atoms with Gasteiger partial charge in [-0.25, -0.2) is 0 Å². The smallest absolute Gasteiger partial charge is 0.0192 e. The van der Waals surface area contributed by atoms with Crippen LogP contribution in [0.3, 0.4) is 0 Å². The topological polar surface area (TPSA) is 27.3 Å². The zero-order valence-electron chi connectivity index (χ0n) is 10.4. The minimum Gasteiger partial charge on any atom is -0.315 e. The molecule has 1 aliphatic rings. The van der Waals surface area contributed by atoms with Crippen molar-refractivity contribution in [2.45, 2.75) is 39.2 Å². The predicted molar refractivity (Wildman–Crippen MR) is 66.3 cm³/mol. The molecule has 0 radical (unpaired) electrons. The Kier molecular flexibility index (Phi) is 6.98. The number of nitrogens with zero attached hydrogens (tertiary/aromatic N) is 1. The van der Waals surface area contributed by atoms with Crippen LogP contribution >= 0.6 is 0 Å². The summed E-state index contributed by atoms with van der Waals surface area (Å²) in [6.45, 7) is 11.6. The van der Waals surface area contributed by atoms with Gasteiger partial charge in [0.2, 0.25) is 0 Å². The quantitative estimate of drug-likeness (QED) is 0.619. The molecule has 0 spiro atoms. The summed E-state index contributed by atoms with van der Waals surface area (Å²) in [5.41, 5.74) is 0. The van der Waals surface area contributed by atoms with Crippen LogP contribution in [0.25, 0.3) is 0 Å². The number of rotatable bonds is 7. The van der Waals surface area contributed by atoms with Gasteiger partial charge in [-0.3, -0.25) is 0 Å². The van der Waals surface area contributed by atoms with Gasteiger partial charge in [-0.1, -0.05) is 13.8 Å². The molecule has 1 aliphatic heterocycles. The van der Waals surface area contributed by atoms with Gasteiger partial charge in [0.15, 0.2) is 0 Å². The van der Waals surface area contributed by atoms with Gasteiger partial charge in [0.1, 0.15) is 0 Å². The summed E-state index contributed by atoms with van der Waals surface area (Å²) in [5.74, 6) is 0. The summed E-state index contributed by atoms with van der Waals surface area (Å²) in [6, 6.07) is 0.718. The van der Waals surface area contributed by atoms with E-state index < -0.39 is 0 Å². The highest BCUT2D eigenvalue weighted by molar-refractivity contribution is 4.74. The third kappa shape index (κ3) is 5.50. The van der Waals surface area contributed by atoms with Crippen LogP contribution < -0.4 is 10.6 Å². The highest BCUT2D eigenvalue weighted by atomic mass is 15.1. The molecule has 1 unspecified atom stereocenters. The van der Waals surface area contributed by atoms with Gasteiger partial charge in [-0.2, -0.15) is 0 Å². The van der Waals surface area contributed by atoms with Gasteiger partial charge in [-0.15, -0.1) is 0 Å². The molecule has 0 saturated carbocycles. The molecule has 0 aliphatic carbocycles. The lowest BCUT2D eigenvalue weighted by atomic mass is 10.1. The monoisotopic (exact) mass is 213 g/mol. The molecule has 1 atom stereocenters. The van der Waals surface area contributed by atoms with Crippen molar-refractivity contribution in [1.29, 1.82) is 0 Å². The van der Waals surface area contributed by atoms with Crippen LogP contribution in [-0.4, -0.2) is 50.2 Å². The minimum absolute atomic E-state index is 0.718. The molecular formula is C12H27N3. The minimum atomic E-state index is 0.718. The third-order valence-electron chi connectivity index (χ3n) is 3.28. The van der Waals surface area contributed by atoms with Crippen molar-refractivity contribution in [3.8, 4) is 0 Å². The molecule has 1 rings (SSSR count). The second kappa shape index (κ2) is 8.08. The molecule has 0 bridgehead atoms. The molecule has 0 aromatic rings. The molecule has 0 aromatic heterocycles. The van der Waals surface area contributed by atoms with Crippen molar-refractivity contribution < 1.29 is 0 Å². The number of hydrogen-bond acceptors (Lipinski definition) is 3. The number of nitrogens with one attached hydrogen (secondary N) is 2. The fourth-order valence-corrected chi connectivity index (χ4v) is 2.17. The summed E-state index contributed by atoms with van der Waals surface area (Å²) in [5, 5.41) is 7.07. The zero-order chi connectivity index (χ0) is 10.9. The van der Waals surface area contributed by atoms with Crippen molar-refractivity contribution in [3.63, 3.8) is 0 Å². The third-order valence-corrected chi connectivity index (χ3v) is 3.28. The molecule has 1 heterocycles. The number of piperidine rings is 1. The van der Waals surface area contributed by atoms with Crippen LogP contribution in [0.1, 0.15) is 33.1 Å². The van der Waals surface area contributed by atoms with Gasteiger partial charge in [0, 0.05) is 12.6 Å². The predicted octanol–water partition coefficient (Wildman–Crippen LogP) is 1.06. The van der Waals surface area contributed by atoms with Crippen LogP contribution in [-0.2, 0) is 0 Å². The Morgan fingerprint density at radius 3 is 2.73 bits per heavy atom. The summed E-state index contributed by atoms with van der Waals surface area (Å²) >= 11 is 0. The van der Waals surface area contributed by atoms with E-state index in [1.54, 1.807) is 0 Å². The van der Waals surface area contributed by atoms with E-state index in [-0.39, 0.29) is 0 Å². The first-order chi connectivity index (χ1) is 7.36. The highest BCUT2D eigenvalue weighted by Crippen LogP contribution is 2.01. The lowest BCUT2D eigenvalue weighted by Crippen LogP contribution is -2.43. The maximum Gasteiger partial charge on any atom is 0.0192 e. The fraction of sp³-hybridized carbons (Fsp3) is 1.00. The zero-order valence-corrected chi connectivity index (χ0v) is 10.4. The van der Waals surface area contributed by atoms with Gasteiger partial charge in [-0.05, 0) is 52.0 Å². The molecule has 3 nitrogen and oxygen atoms in total. The molecular weight excluding hydrogens is 186 g/mol. The lowest BCUT2D eigenvalue weighted by Gasteiger charge is -2.24. The van der Waals surface area contributed by atoms with E-state index in [0.29, 0.717) is 0 Å². The number of hydrogen-bond donors (Lipinski definition) is 2. The Labute approximate surface area is 94.6 Å². The average Bonchev–Trinajstić information content (AvgIpc) is 2.31. The van der Waals surface area contributed by atoms with E-state index in [9.17, 15) is 0 Å². The Morgan fingerprint density at radius 2 is 2.13 bits per heavy atom. The van der Waals surface area contributed by atoms with Crippen molar-refractivity contribution >= 4 is 0 Å². The van der Waals surface area contributed by atoms with Crippen LogP contribution in [0.15, 0.2) is 0 Å². The van der Waals surface area contributed by atoms with E-state index in [4.69, 9.17) is 0 Å². The van der Waals surface area contributed by atoms with Crippen LogP contribution in [0.2, 0.25) is 0 Å². The van der Waals surface area contributed by atoms with E-state index in [0.717, 1.165) is 12.6 Å². The van der Waals surface area contributed by atoms with Crippen molar-refractivity contribution in [2.24, 2.45) is 0 Å². The SMILES string of the molecule is CCN(CC)CCCNC1CCCNC1. The van der Waals surface area contributed by atoms with Gasteiger partial charge in [0.05, 0.1) is 0 Å². The van der Waals surface area contributed by atoms with Crippen LogP contribution in [0, 0.1) is 0 Å². The Bertz CT molecular complexity index is 140. The first-order valence-corrected chi connectivity index (χ1v) is 6.53. The summed E-state index contributed by atoms with van der Waals surface area (Å²) in [4.78, 5) is 2.49.